The fourth-order valence-corrected chi connectivity index (χ4v) is 2.21. The monoisotopic (exact) mass is 338 g/mol. The van der Waals surface area contributed by atoms with Gasteiger partial charge in [-0.2, -0.15) is 4.98 Å². The van der Waals surface area contributed by atoms with Gasteiger partial charge in [0.2, 0.25) is 17.6 Å². The maximum absolute atomic E-state index is 11.9. The van der Waals surface area contributed by atoms with E-state index < -0.39 is 0 Å². The van der Waals surface area contributed by atoms with Gasteiger partial charge in [-0.1, -0.05) is 11.2 Å². The summed E-state index contributed by atoms with van der Waals surface area (Å²) in [5.74, 6) is 1.59. The number of nitrogens with zero attached hydrogens (tertiary/aromatic N) is 3. The van der Waals surface area contributed by atoms with E-state index in [-0.39, 0.29) is 12.3 Å². The number of hydrogen-bond acceptors (Lipinski definition) is 6. The minimum absolute atomic E-state index is 0.0881. The summed E-state index contributed by atoms with van der Waals surface area (Å²) in [5, 5.41) is 6.76. The van der Waals surface area contributed by atoms with Gasteiger partial charge in [-0.25, -0.2) is 0 Å². The predicted molar refractivity (Wildman–Crippen MR) is 90.7 cm³/mol. The average molecular weight is 338 g/mol. The number of hydrogen-bond donors (Lipinski definition) is 1. The van der Waals surface area contributed by atoms with Crippen LogP contribution in [-0.2, 0) is 17.8 Å². The van der Waals surface area contributed by atoms with Gasteiger partial charge in [-0.05, 0) is 36.4 Å². The molecule has 0 fully saturated rings. The molecular weight excluding hydrogens is 320 g/mol. The van der Waals surface area contributed by atoms with Crippen molar-refractivity contribution in [1.29, 1.82) is 0 Å². The van der Waals surface area contributed by atoms with Crippen LogP contribution in [0.4, 0.5) is 0 Å². The van der Waals surface area contributed by atoms with Gasteiger partial charge < -0.3 is 14.6 Å². The molecule has 3 aromatic rings. The van der Waals surface area contributed by atoms with Crippen LogP contribution in [0.1, 0.15) is 18.0 Å². The molecule has 7 nitrogen and oxygen atoms in total. The Balaban J connectivity index is 1.50. The molecule has 25 heavy (non-hydrogen) atoms. The molecule has 0 atom stereocenters. The van der Waals surface area contributed by atoms with Crippen molar-refractivity contribution in [2.24, 2.45) is 0 Å². The van der Waals surface area contributed by atoms with Crippen LogP contribution in [0.15, 0.2) is 53.2 Å². The summed E-state index contributed by atoms with van der Waals surface area (Å²) in [6.07, 6.45) is 2.36. The molecule has 2 heterocycles. The molecule has 0 aliphatic carbocycles. The van der Waals surface area contributed by atoms with E-state index in [9.17, 15) is 4.79 Å². The van der Waals surface area contributed by atoms with Gasteiger partial charge >= 0.3 is 0 Å². The molecule has 7 heteroatoms. The molecule has 0 saturated heterocycles. The molecule has 0 bridgehead atoms. The molecule has 0 saturated carbocycles. The van der Waals surface area contributed by atoms with Gasteiger partial charge in [0.25, 0.3) is 0 Å². The van der Waals surface area contributed by atoms with Crippen molar-refractivity contribution in [3.8, 4) is 17.1 Å². The quantitative estimate of drug-likeness (QED) is 0.711. The highest BCUT2D eigenvalue weighted by molar-refractivity contribution is 5.75. The third-order valence-electron chi connectivity index (χ3n) is 3.58. The Hall–Kier alpha value is -3.22. The van der Waals surface area contributed by atoms with Gasteiger partial charge in [-0.3, -0.25) is 9.78 Å². The first-order chi connectivity index (χ1) is 12.2. The normalized spacial score (nSPS) is 10.4. The molecule has 0 unspecified atom stereocenters. The number of carbonyl (C=O) groups excluding carboxylic acids is 1. The smallest absolute Gasteiger partial charge is 0.227 e. The standard InChI is InChI=1S/C18H18N4O3/c1-24-15-7-5-13(6-8-15)18-21-17(25-22-18)10-9-16(23)20-12-14-4-2-3-11-19-14/h2-8,11H,9-10,12H2,1H3,(H,20,23). The lowest BCUT2D eigenvalue weighted by molar-refractivity contribution is -0.121. The molecule has 0 aliphatic heterocycles. The Morgan fingerprint density at radius 1 is 1.20 bits per heavy atom. The zero-order valence-corrected chi connectivity index (χ0v) is 13.8. The fourth-order valence-electron chi connectivity index (χ4n) is 2.21. The van der Waals surface area contributed by atoms with Crippen LogP contribution in [0.2, 0.25) is 0 Å². The number of ether oxygens (including phenoxy) is 1. The summed E-state index contributed by atoms with van der Waals surface area (Å²) >= 11 is 0. The van der Waals surface area contributed by atoms with Crippen LogP contribution in [-0.4, -0.2) is 28.1 Å². The molecule has 1 amide bonds. The van der Waals surface area contributed by atoms with E-state index in [0.717, 1.165) is 17.0 Å². The van der Waals surface area contributed by atoms with Crippen LogP contribution in [0.5, 0.6) is 5.75 Å². The average Bonchev–Trinajstić information content (AvgIpc) is 3.14. The molecule has 1 N–H and O–H groups in total. The van der Waals surface area contributed by atoms with Crippen LogP contribution < -0.4 is 10.1 Å². The molecular formula is C18H18N4O3. The third-order valence-corrected chi connectivity index (χ3v) is 3.58. The Morgan fingerprint density at radius 3 is 2.76 bits per heavy atom. The highest BCUT2D eigenvalue weighted by Crippen LogP contribution is 2.19. The summed E-state index contributed by atoms with van der Waals surface area (Å²) in [6.45, 7) is 0.403. The summed E-state index contributed by atoms with van der Waals surface area (Å²) < 4.78 is 10.3. The number of pyridine rings is 1. The lowest BCUT2D eigenvalue weighted by Gasteiger charge is -2.03. The van der Waals surface area contributed by atoms with Crippen molar-refractivity contribution < 1.29 is 14.1 Å². The van der Waals surface area contributed by atoms with E-state index in [4.69, 9.17) is 9.26 Å². The Labute approximate surface area is 145 Å². The Bertz CT molecular complexity index is 816. The second kappa shape index (κ2) is 8.05. The molecule has 128 valence electrons. The second-order valence-electron chi connectivity index (χ2n) is 5.34. The van der Waals surface area contributed by atoms with E-state index in [2.05, 4.69) is 20.4 Å². The minimum Gasteiger partial charge on any atom is -0.497 e. The first-order valence-electron chi connectivity index (χ1n) is 7.88. The molecule has 2 aromatic heterocycles. The van der Waals surface area contributed by atoms with Crippen molar-refractivity contribution in [3.05, 3.63) is 60.2 Å². The van der Waals surface area contributed by atoms with Gasteiger partial charge in [-0.15, -0.1) is 0 Å². The number of methoxy groups -OCH3 is 1. The highest BCUT2D eigenvalue weighted by Gasteiger charge is 2.11. The zero-order valence-electron chi connectivity index (χ0n) is 13.8. The van der Waals surface area contributed by atoms with E-state index in [1.807, 2.05) is 42.5 Å². The number of benzene rings is 1. The second-order valence-corrected chi connectivity index (χ2v) is 5.34. The van der Waals surface area contributed by atoms with Crippen LogP contribution in [0, 0.1) is 0 Å². The van der Waals surface area contributed by atoms with E-state index >= 15 is 0 Å². The van der Waals surface area contributed by atoms with Crippen LogP contribution >= 0.6 is 0 Å². The number of nitrogens with one attached hydrogen (secondary N) is 1. The first-order valence-corrected chi connectivity index (χ1v) is 7.88. The predicted octanol–water partition coefficient (Wildman–Crippen LogP) is 2.39. The summed E-state index contributed by atoms with van der Waals surface area (Å²) in [6, 6.07) is 12.9. The Kier molecular flexibility index (Phi) is 5.36. The summed E-state index contributed by atoms with van der Waals surface area (Å²) in [4.78, 5) is 20.4. The number of aryl methyl sites for hydroxylation is 1. The van der Waals surface area contributed by atoms with Gasteiger partial charge in [0.1, 0.15) is 5.75 Å². The van der Waals surface area contributed by atoms with Crippen LogP contribution in [0.3, 0.4) is 0 Å². The minimum atomic E-state index is -0.0881. The number of amides is 1. The topological polar surface area (TPSA) is 90.1 Å². The molecule has 0 radical (unpaired) electrons. The molecule has 1 aromatic carbocycles. The number of carbonyl (C=O) groups is 1. The number of aromatic nitrogens is 3. The largest absolute Gasteiger partial charge is 0.497 e. The van der Waals surface area contributed by atoms with E-state index in [0.29, 0.717) is 24.7 Å². The van der Waals surface area contributed by atoms with Crippen molar-refractivity contribution in [2.75, 3.05) is 7.11 Å². The lowest BCUT2D eigenvalue weighted by atomic mass is 10.2. The lowest BCUT2D eigenvalue weighted by Crippen LogP contribution is -2.23. The van der Waals surface area contributed by atoms with Gasteiger partial charge in [0.15, 0.2) is 0 Å². The summed E-state index contributed by atoms with van der Waals surface area (Å²) in [5.41, 5.74) is 1.64. The van der Waals surface area contributed by atoms with Crippen molar-refractivity contribution >= 4 is 5.91 Å². The van der Waals surface area contributed by atoms with Crippen molar-refractivity contribution in [3.63, 3.8) is 0 Å². The maximum atomic E-state index is 11.9. The zero-order chi connectivity index (χ0) is 17.5. The van der Waals surface area contributed by atoms with Crippen molar-refractivity contribution in [1.82, 2.24) is 20.4 Å². The summed E-state index contributed by atoms with van der Waals surface area (Å²) in [7, 11) is 1.61. The third kappa shape index (κ3) is 4.63. The molecule has 3 rings (SSSR count). The van der Waals surface area contributed by atoms with E-state index in [1.165, 1.54) is 0 Å². The van der Waals surface area contributed by atoms with E-state index in [1.54, 1.807) is 13.3 Å². The SMILES string of the molecule is COc1ccc(-c2noc(CCC(=O)NCc3ccccn3)n2)cc1. The molecule has 0 spiro atoms. The Morgan fingerprint density at radius 2 is 2.04 bits per heavy atom. The van der Waals surface area contributed by atoms with Gasteiger partial charge in [0, 0.05) is 24.6 Å². The first kappa shape index (κ1) is 16.6. The fraction of sp³-hybridized carbons (Fsp3) is 0.222. The van der Waals surface area contributed by atoms with Crippen molar-refractivity contribution in [2.45, 2.75) is 19.4 Å². The van der Waals surface area contributed by atoms with Gasteiger partial charge in [0.05, 0.1) is 19.3 Å². The highest BCUT2D eigenvalue weighted by atomic mass is 16.5. The van der Waals surface area contributed by atoms with Crippen LogP contribution in [0.25, 0.3) is 11.4 Å². The maximum Gasteiger partial charge on any atom is 0.227 e. The number of rotatable bonds is 7. The molecule has 0 aliphatic rings.